The monoisotopic (exact) mass is 364 g/mol. The van der Waals surface area contributed by atoms with E-state index in [1.165, 1.54) is 0 Å². The van der Waals surface area contributed by atoms with E-state index in [0.29, 0.717) is 6.42 Å². The number of hydrogen-bond acceptors (Lipinski definition) is 5. The standard InChI is InChI=1S/C16H22Cl2O5/c1-11(21-3)4-5-13-7-22-16(20)12(13,2)14(19)6-8(11)9(13)23-10(14)15(16,17)18/h8-10,19-20H,4-7H2,1-3H3/t8-,9+,10-,11-,12+,13+,14-,16+/m0/s1. The van der Waals surface area contributed by atoms with E-state index in [-0.39, 0.29) is 24.2 Å². The number of alkyl halides is 2. The quantitative estimate of drug-likeness (QED) is 0.691. The van der Waals surface area contributed by atoms with Crippen LogP contribution in [0.5, 0.6) is 0 Å². The smallest absolute Gasteiger partial charge is 0.211 e. The Morgan fingerprint density at radius 1 is 1.17 bits per heavy atom. The van der Waals surface area contributed by atoms with E-state index >= 15 is 0 Å². The van der Waals surface area contributed by atoms with Gasteiger partial charge in [-0.05, 0) is 26.2 Å². The summed E-state index contributed by atoms with van der Waals surface area (Å²) in [7, 11) is 1.70. The Morgan fingerprint density at radius 2 is 1.87 bits per heavy atom. The van der Waals surface area contributed by atoms with Crippen molar-refractivity contribution < 1.29 is 24.4 Å². The van der Waals surface area contributed by atoms with E-state index in [1.54, 1.807) is 7.11 Å². The van der Waals surface area contributed by atoms with Crippen molar-refractivity contribution >= 4 is 23.2 Å². The van der Waals surface area contributed by atoms with Gasteiger partial charge in [0.25, 0.3) is 0 Å². The van der Waals surface area contributed by atoms with E-state index in [1.807, 2.05) is 6.92 Å². The fourth-order valence-electron chi connectivity index (χ4n) is 6.74. The van der Waals surface area contributed by atoms with Crippen LogP contribution in [0.4, 0.5) is 0 Å². The second-order valence-electron chi connectivity index (χ2n) is 8.53. The molecule has 0 aromatic heterocycles. The largest absolute Gasteiger partial charge is 0.386 e. The second-order valence-corrected chi connectivity index (χ2v) is 9.91. The Labute approximate surface area is 145 Å². The highest BCUT2D eigenvalue weighted by Crippen LogP contribution is 2.83. The predicted molar refractivity (Wildman–Crippen MR) is 82.2 cm³/mol. The summed E-state index contributed by atoms with van der Waals surface area (Å²) in [6.07, 6.45) is 0.927. The number of aliphatic hydroxyl groups is 2. The summed E-state index contributed by atoms with van der Waals surface area (Å²) in [5.41, 5.74) is -3.18. The van der Waals surface area contributed by atoms with E-state index in [4.69, 9.17) is 37.4 Å². The van der Waals surface area contributed by atoms with E-state index in [0.717, 1.165) is 12.8 Å². The van der Waals surface area contributed by atoms with Gasteiger partial charge in [-0.1, -0.05) is 30.1 Å². The summed E-state index contributed by atoms with van der Waals surface area (Å²) >= 11 is 13.1. The molecule has 0 radical (unpaired) electrons. The first-order chi connectivity index (χ1) is 10.5. The minimum Gasteiger partial charge on any atom is -0.386 e. The Bertz CT molecular complexity index is 615. The highest BCUT2D eigenvalue weighted by atomic mass is 35.5. The van der Waals surface area contributed by atoms with E-state index in [2.05, 4.69) is 6.92 Å². The molecule has 3 heterocycles. The van der Waals surface area contributed by atoms with E-state index in [9.17, 15) is 10.2 Å². The molecule has 3 saturated heterocycles. The van der Waals surface area contributed by atoms with Crippen molar-refractivity contribution in [2.45, 2.75) is 66.6 Å². The molecule has 3 aliphatic heterocycles. The summed E-state index contributed by atoms with van der Waals surface area (Å²) in [6, 6.07) is 0. The zero-order valence-corrected chi connectivity index (χ0v) is 14.9. The Balaban J connectivity index is 1.79. The molecule has 1 spiro atoms. The molecule has 6 rings (SSSR count). The molecule has 0 unspecified atom stereocenters. The van der Waals surface area contributed by atoms with Gasteiger partial charge in [0.05, 0.1) is 23.7 Å². The van der Waals surface area contributed by atoms with Crippen molar-refractivity contribution in [1.82, 2.24) is 0 Å². The fourth-order valence-corrected chi connectivity index (χ4v) is 7.69. The molecule has 0 aromatic carbocycles. The average Bonchev–Trinajstić information content (AvgIpc) is 2.79. The number of methoxy groups -OCH3 is 1. The van der Waals surface area contributed by atoms with Crippen LogP contribution in [0.15, 0.2) is 0 Å². The molecular weight excluding hydrogens is 343 g/mol. The predicted octanol–water partition coefficient (Wildman–Crippen LogP) is 1.60. The van der Waals surface area contributed by atoms with E-state index < -0.39 is 32.7 Å². The number of ether oxygens (including phenoxy) is 3. The van der Waals surface area contributed by atoms with Crippen LogP contribution in [0.2, 0.25) is 0 Å². The second kappa shape index (κ2) is 3.73. The zero-order valence-electron chi connectivity index (χ0n) is 13.4. The van der Waals surface area contributed by atoms with Crippen molar-refractivity contribution in [3.63, 3.8) is 0 Å². The molecule has 6 aliphatic rings. The van der Waals surface area contributed by atoms with Gasteiger partial charge in [-0.25, -0.2) is 0 Å². The first-order valence-electron chi connectivity index (χ1n) is 8.21. The molecule has 130 valence electrons. The molecular formula is C16H22Cl2O5. The summed E-state index contributed by atoms with van der Waals surface area (Å²) in [5.74, 6) is -1.80. The molecule has 8 atom stereocenters. The number of hydrogen-bond donors (Lipinski definition) is 2. The third kappa shape index (κ3) is 1.14. The molecule has 0 amide bonds. The van der Waals surface area contributed by atoms with Gasteiger partial charge in [0.1, 0.15) is 11.7 Å². The van der Waals surface area contributed by atoms with Crippen LogP contribution in [0.1, 0.15) is 33.1 Å². The van der Waals surface area contributed by atoms with Gasteiger partial charge in [-0.15, -0.1) is 0 Å². The molecule has 7 heteroatoms. The summed E-state index contributed by atoms with van der Waals surface area (Å²) in [6.45, 7) is 4.23. The molecule has 3 aliphatic carbocycles. The Morgan fingerprint density at radius 3 is 2.52 bits per heavy atom. The van der Waals surface area contributed by atoms with Crippen molar-refractivity contribution in [2.75, 3.05) is 13.7 Å². The third-order valence-corrected chi connectivity index (χ3v) is 9.24. The third-order valence-electron chi connectivity index (χ3n) is 8.33. The minimum atomic E-state index is -1.82. The van der Waals surface area contributed by atoms with Crippen molar-refractivity contribution in [2.24, 2.45) is 16.7 Å². The molecule has 5 nitrogen and oxygen atoms in total. The van der Waals surface area contributed by atoms with Crippen LogP contribution in [0.25, 0.3) is 0 Å². The molecule has 3 saturated carbocycles. The van der Waals surface area contributed by atoms with Gasteiger partial charge in [-0.2, -0.15) is 0 Å². The lowest BCUT2D eigenvalue weighted by atomic mass is 9.40. The summed E-state index contributed by atoms with van der Waals surface area (Å²) in [5, 5.41) is 23.0. The van der Waals surface area contributed by atoms with Gasteiger partial charge >= 0.3 is 0 Å². The van der Waals surface area contributed by atoms with Crippen LogP contribution in [-0.4, -0.2) is 57.5 Å². The summed E-state index contributed by atoms with van der Waals surface area (Å²) in [4.78, 5) is 0. The average molecular weight is 365 g/mol. The molecule has 23 heavy (non-hydrogen) atoms. The Hall–Kier alpha value is 0.380. The lowest BCUT2D eigenvalue weighted by Gasteiger charge is -2.70. The van der Waals surface area contributed by atoms with Gasteiger partial charge in [0, 0.05) is 18.4 Å². The van der Waals surface area contributed by atoms with Gasteiger partial charge in [0.2, 0.25) is 10.1 Å². The highest BCUT2D eigenvalue weighted by Gasteiger charge is 2.96. The SMILES string of the molecule is CO[C@@]1(C)CC[C@@]23CO[C@@]4(O)C(Cl)(Cl)[C@H]5O[C@@H]2[C@@H]1C[C@@]5(O)[C@@]34C. The van der Waals surface area contributed by atoms with Crippen LogP contribution < -0.4 is 0 Å². The minimum absolute atomic E-state index is 0.0174. The van der Waals surface area contributed by atoms with Crippen LogP contribution in [0, 0.1) is 16.7 Å². The van der Waals surface area contributed by atoms with Crippen molar-refractivity contribution in [1.29, 1.82) is 0 Å². The van der Waals surface area contributed by atoms with Gasteiger partial charge < -0.3 is 24.4 Å². The van der Waals surface area contributed by atoms with Crippen LogP contribution in [-0.2, 0) is 14.2 Å². The van der Waals surface area contributed by atoms with Gasteiger partial charge in [-0.3, -0.25) is 0 Å². The molecule has 2 N–H and O–H groups in total. The Kier molecular flexibility index (Phi) is 2.53. The summed E-state index contributed by atoms with van der Waals surface area (Å²) < 4.78 is 16.2. The highest BCUT2D eigenvalue weighted by molar-refractivity contribution is 6.50. The first-order valence-corrected chi connectivity index (χ1v) is 8.97. The number of rotatable bonds is 1. The van der Waals surface area contributed by atoms with Crippen molar-refractivity contribution in [3.8, 4) is 0 Å². The van der Waals surface area contributed by atoms with Crippen molar-refractivity contribution in [3.05, 3.63) is 0 Å². The number of halogens is 2. The first kappa shape index (κ1) is 15.6. The maximum Gasteiger partial charge on any atom is 0.211 e. The maximum atomic E-state index is 11.7. The molecule has 0 aromatic rings. The van der Waals surface area contributed by atoms with Crippen LogP contribution >= 0.6 is 23.2 Å². The normalized spacial score (nSPS) is 67.7. The molecule has 6 bridgehead atoms. The zero-order chi connectivity index (χ0) is 16.7. The van der Waals surface area contributed by atoms with Gasteiger partial charge in [0.15, 0.2) is 0 Å². The van der Waals surface area contributed by atoms with Crippen LogP contribution in [0.3, 0.4) is 0 Å². The lowest BCUT2D eigenvalue weighted by molar-refractivity contribution is -0.367. The topological polar surface area (TPSA) is 68.2 Å². The molecule has 6 fully saturated rings. The lowest BCUT2D eigenvalue weighted by Crippen LogP contribution is -2.79. The fraction of sp³-hybridized carbons (Fsp3) is 1.00. The maximum absolute atomic E-state index is 11.7.